The predicted molar refractivity (Wildman–Crippen MR) is 119 cm³/mol. The third-order valence-electron chi connectivity index (χ3n) is 4.34. The number of nitrogens with zero attached hydrogens (tertiary/aromatic N) is 1. The SMILES string of the molecule is Cc1cc([C@@H](C#N)c2ccc(Cl)cc2)c(Cl)cc1NC(=O)Nc1ccc(Cl)cc1. The summed E-state index contributed by atoms with van der Waals surface area (Å²) < 4.78 is 0. The molecule has 0 radical (unpaired) electrons. The zero-order valence-electron chi connectivity index (χ0n) is 15.3. The number of hydrogen-bond acceptors (Lipinski definition) is 2. The molecule has 2 amide bonds. The van der Waals surface area contributed by atoms with E-state index < -0.39 is 11.9 Å². The van der Waals surface area contributed by atoms with Crippen LogP contribution in [-0.4, -0.2) is 6.03 Å². The van der Waals surface area contributed by atoms with Crippen molar-refractivity contribution in [2.45, 2.75) is 12.8 Å². The number of hydrogen-bond donors (Lipinski definition) is 2. The van der Waals surface area contributed by atoms with Gasteiger partial charge in [-0.1, -0.05) is 53.0 Å². The van der Waals surface area contributed by atoms with Gasteiger partial charge in [-0.15, -0.1) is 0 Å². The molecule has 0 heterocycles. The van der Waals surface area contributed by atoms with E-state index in [1.807, 2.05) is 13.0 Å². The fraction of sp³-hybridized carbons (Fsp3) is 0.0909. The topological polar surface area (TPSA) is 64.9 Å². The molecule has 0 aliphatic rings. The maximum atomic E-state index is 12.3. The number of carbonyl (C=O) groups is 1. The second-order valence-corrected chi connectivity index (χ2v) is 7.67. The molecule has 0 fully saturated rings. The molecule has 3 aromatic rings. The van der Waals surface area contributed by atoms with E-state index in [0.29, 0.717) is 32.0 Å². The van der Waals surface area contributed by atoms with Crippen LogP contribution in [0.3, 0.4) is 0 Å². The molecule has 4 nitrogen and oxygen atoms in total. The average molecular weight is 445 g/mol. The number of rotatable bonds is 4. The van der Waals surface area contributed by atoms with Crippen molar-refractivity contribution < 1.29 is 4.79 Å². The Labute approximate surface area is 184 Å². The van der Waals surface area contributed by atoms with Crippen LogP contribution in [0.25, 0.3) is 0 Å². The fourth-order valence-electron chi connectivity index (χ4n) is 2.86. The molecule has 3 aromatic carbocycles. The highest BCUT2D eigenvalue weighted by atomic mass is 35.5. The van der Waals surface area contributed by atoms with Gasteiger partial charge >= 0.3 is 6.03 Å². The quantitative estimate of drug-likeness (QED) is 0.445. The van der Waals surface area contributed by atoms with Crippen molar-refractivity contribution in [3.05, 3.63) is 92.4 Å². The lowest BCUT2D eigenvalue weighted by molar-refractivity contribution is 0.262. The van der Waals surface area contributed by atoms with E-state index in [-0.39, 0.29) is 0 Å². The predicted octanol–water partition coefficient (Wildman–Crippen LogP) is 7.25. The van der Waals surface area contributed by atoms with Crippen molar-refractivity contribution in [3.63, 3.8) is 0 Å². The molecule has 0 bridgehead atoms. The summed E-state index contributed by atoms with van der Waals surface area (Å²) in [5.41, 5.74) is 3.40. The van der Waals surface area contributed by atoms with Gasteiger partial charge in [0.15, 0.2) is 0 Å². The van der Waals surface area contributed by atoms with Crippen LogP contribution in [-0.2, 0) is 0 Å². The maximum Gasteiger partial charge on any atom is 0.323 e. The van der Waals surface area contributed by atoms with Crippen molar-refractivity contribution in [3.8, 4) is 6.07 Å². The Bertz CT molecular complexity index is 1070. The van der Waals surface area contributed by atoms with Crippen LogP contribution >= 0.6 is 34.8 Å². The lowest BCUT2D eigenvalue weighted by atomic mass is 9.91. The summed E-state index contributed by atoms with van der Waals surface area (Å²) in [5, 5.41) is 16.8. The first-order valence-electron chi connectivity index (χ1n) is 8.66. The standard InChI is InChI=1S/C22H16Cl3N3O/c1-13-10-18(19(12-26)14-2-4-15(23)5-3-14)20(25)11-21(13)28-22(29)27-17-8-6-16(24)7-9-17/h2-11,19H,1H3,(H2,27,28,29)/t19-/m0/s1. The minimum atomic E-state index is -0.546. The van der Waals surface area contributed by atoms with Gasteiger partial charge in [0.25, 0.3) is 0 Å². The van der Waals surface area contributed by atoms with Crippen LogP contribution in [0.1, 0.15) is 22.6 Å². The highest BCUT2D eigenvalue weighted by Crippen LogP contribution is 2.34. The van der Waals surface area contributed by atoms with Crippen molar-refractivity contribution in [1.29, 1.82) is 5.26 Å². The molecule has 0 spiro atoms. The van der Waals surface area contributed by atoms with E-state index in [2.05, 4.69) is 16.7 Å². The molecule has 7 heteroatoms. The largest absolute Gasteiger partial charge is 0.323 e. The van der Waals surface area contributed by atoms with Gasteiger partial charge in [0.05, 0.1) is 12.0 Å². The van der Waals surface area contributed by atoms with Gasteiger partial charge in [-0.05, 0) is 66.1 Å². The van der Waals surface area contributed by atoms with Gasteiger partial charge in [0.2, 0.25) is 0 Å². The Hall–Kier alpha value is -2.71. The number of carbonyl (C=O) groups excluding carboxylic acids is 1. The van der Waals surface area contributed by atoms with Crippen molar-refractivity contribution in [2.24, 2.45) is 0 Å². The molecule has 0 saturated heterocycles. The summed E-state index contributed by atoms with van der Waals surface area (Å²) >= 11 is 18.2. The Morgan fingerprint density at radius 2 is 1.52 bits per heavy atom. The molecule has 0 aliphatic carbocycles. The van der Waals surface area contributed by atoms with Gasteiger partial charge < -0.3 is 10.6 Å². The monoisotopic (exact) mass is 443 g/mol. The number of halogens is 3. The number of amides is 2. The molecular weight excluding hydrogens is 429 g/mol. The van der Waals surface area contributed by atoms with E-state index in [0.717, 1.165) is 11.1 Å². The first kappa shape index (κ1) is 21.0. The zero-order valence-corrected chi connectivity index (χ0v) is 17.6. The van der Waals surface area contributed by atoms with Crippen LogP contribution in [0.5, 0.6) is 0 Å². The molecule has 0 aromatic heterocycles. The lowest BCUT2D eigenvalue weighted by Crippen LogP contribution is -2.20. The first-order valence-corrected chi connectivity index (χ1v) is 9.79. The van der Waals surface area contributed by atoms with Gasteiger partial charge in [-0.25, -0.2) is 4.79 Å². The fourth-order valence-corrected chi connectivity index (χ4v) is 3.38. The second kappa shape index (κ2) is 9.19. The van der Waals surface area contributed by atoms with E-state index >= 15 is 0 Å². The van der Waals surface area contributed by atoms with Crippen molar-refractivity contribution in [1.82, 2.24) is 0 Å². The van der Waals surface area contributed by atoms with E-state index in [1.165, 1.54) is 0 Å². The molecule has 2 N–H and O–H groups in total. The summed E-state index contributed by atoms with van der Waals surface area (Å²) in [5.74, 6) is -0.546. The van der Waals surface area contributed by atoms with E-state index in [9.17, 15) is 10.1 Å². The van der Waals surface area contributed by atoms with Crippen LogP contribution in [0, 0.1) is 18.3 Å². The minimum absolute atomic E-state index is 0.388. The van der Waals surface area contributed by atoms with Crippen molar-refractivity contribution >= 4 is 52.2 Å². The average Bonchev–Trinajstić information content (AvgIpc) is 2.69. The molecule has 29 heavy (non-hydrogen) atoms. The summed E-state index contributed by atoms with van der Waals surface area (Å²) in [7, 11) is 0. The smallest absolute Gasteiger partial charge is 0.308 e. The van der Waals surface area contributed by atoms with Crippen LogP contribution in [0.2, 0.25) is 15.1 Å². The zero-order chi connectivity index (χ0) is 21.0. The molecule has 3 rings (SSSR count). The van der Waals surface area contributed by atoms with Gasteiger partial charge in [0.1, 0.15) is 0 Å². The highest BCUT2D eigenvalue weighted by molar-refractivity contribution is 6.32. The van der Waals surface area contributed by atoms with Crippen LogP contribution in [0.15, 0.2) is 60.7 Å². The molecule has 1 atom stereocenters. The Balaban J connectivity index is 1.81. The summed E-state index contributed by atoms with van der Waals surface area (Å²) in [4.78, 5) is 12.3. The van der Waals surface area contributed by atoms with Crippen molar-refractivity contribution in [2.75, 3.05) is 10.6 Å². The summed E-state index contributed by atoms with van der Waals surface area (Å²) in [6, 6.07) is 19.2. The molecule has 146 valence electrons. The number of urea groups is 1. The molecular formula is C22H16Cl3N3O. The Morgan fingerprint density at radius 1 is 0.931 bits per heavy atom. The lowest BCUT2D eigenvalue weighted by Gasteiger charge is -2.16. The molecule has 0 aliphatic heterocycles. The third kappa shape index (κ3) is 5.21. The Morgan fingerprint density at radius 3 is 2.10 bits per heavy atom. The third-order valence-corrected chi connectivity index (χ3v) is 5.17. The molecule has 0 unspecified atom stereocenters. The van der Waals surface area contributed by atoms with Crippen LogP contribution in [0.4, 0.5) is 16.2 Å². The number of nitrogens with one attached hydrogen (secondary N) is 2. The molecule has 0 saturated carbocycles. The number of benzene rings is 3. The van der Waals surface area contributed by atoms with Gasteiger partial charge in [-0.2, -0.15) is 5.26 Å². The Kier molecular flexibility index (Phi) is 6.66. The van der Waals surface area contributed by atoms with Crippen LogP contribution < -0.4 is 10.6 Å². The second-order valence-electron chi connectivity index (χ2n) is 6.39. The minimum Gasteiger partial charge on any atom is -0.308 e. The number of anilines is 2. The highest BCUT2D eigenvalue weighted by Gasteiger charge is 2.19. The van der Waals surface area contributed by atoms with E-state index in [4.69, 9.17) is 34.8 Å². The maximum absolute atomic E-state index is 12.3. The number of aryl methyl sites for hydroxylation is 1. The first-order chi connectivity index (χ1) is 13.9. The summed E-state index contributed by atoms with van der Waals surface area (Å²) in [6.45, 7) is 1.84. The summed E-state index contributed by atoms with van der Waals surface area (Å²) in [6.07, 6.45) is 0. The normalized spacial score (nSPS) is 11.4. The van der Waals surface area contributed by atoms with E-state index in [1.54, 1.807) is 54.6 Å². The number of nitriles is 1. The van der Waals surface area contributed by atoms with Gasteiger partial charge in [-0.3, -0.25) is 0 Å². The van der Waals surface area contributed by atoms with Gasteiger partial charge in [0, 0.05) is 26.4 Å².